The number of carbonyl (C=O) groups excluding carboxylic acids is 1. The molecule has 5 heterocycles. The minimum atomic E-state index is -1.21. The van der Waals surface area contributed by atoms with Gasteiger partial charge in [-0.05, 0) is 18.2 Å². The molecule has 15 heteroatoms. The van der Waals surface area contributed by atoms with Crippen LogP contribution in [0.3, 0.4) is 0 Å². The number of hydrogen-bond donors (Lipinski definition) is 4. The Morgan fingerprint density at radius 2 is 1.98 bits per heavy atom. The Balaban J connectivity index is 1.11. The maximum Gasteiger partial charge on any atom is 0.296 e. The number of nitrogens with zero attached hydrogens (tertiary/aromatic N) is 2. The van der Waals surface area contributed by atoms with Crippen LogP contribution in [0.5, 0.6) is 11.9 Å². The number of ether oxygens (including phenoxy) is 5. The van der Waals surface area contributed by atoms with Gasteiger partial charge in [-0.2, -0.15) is 9.97 Å². The molecular weight excluding hydrogens is 558 g/mol. The van der Waals surface area contributed by atoms with E-state index >= 15 is 0 Å². The number of benzene rings is 1. The summed E-state index contributed by atoms with van der Waals surface area (Å²) in [5.41, 5.74) is -1.29. The number of aromatic amines is 1. The van der Waals surface area contributed by atoms with Crippen molar-refractivity contribution in [3.63, 3.8) is 0 Å². The first kappa shape index (κ1) is 27.1. The smallest absolute Gasteiger partial charge is 0.296 e. The molecule has 12 nitrogen and oxygen atoms in total. The highest BCUT2D eigenvalue weighted by atomic mass is 35.5. The van der Waals surface area contributed by atoms with E-state index in [0.29, 0.717) is 18.5 Å². The van der Waals surface area contributed by atoms with Crippen molar-refractivity contribution in [2.75, 3.05) is 33.0 Å². The molecule has 0 bridgehead atoms. The van der Waals surface area contributed by atoms with Gasteiger partial charge in [-0.3, -0.25) is 4.79 Å². The van der Waals surface area contributed by atoms with Gasteiger partial charge >= 0.3 is 0 Å². The fraction of sp³-hybridized carbons (Fsp3) is 0.480. The van der Waals surface area contributed by atoms with Gasteiger partial charge in [0.15, 0.2) is 11.8 Å². The number of carbonyl (C=O) groups is 1. The summed E-state index contributed by atoms with van der Waals surface area (Å²) in [4.78, 5) is 23.8. The van der Waals surface area contributed by atoms with Gasteiger partial charge in [0.1, 0.15) is 47.2 Å². The first-order valence-electron chi connectivity index (χ1n) is 12.5. The van der Waals surface area contributed by atoms with Crippen molar-refractivity contribution in [2.45, 2.75) is 43.0 Å². The van der Waals surface area contributed by atoms with E-state index in [1.807, 2.05) is 0 Å². The first-order valence-corrected chi connectivity index (χ1v) is 12.9. The Bertz CT molecular complexity index is 1410. The molecule has 1 aromatic carbocycles. The summed E-state index contributed by atoms with van der Waals surface area (Å²) in [7, 11) is 0. The topological polar surface area (TPSA) is 157 Å². The average molecular weight is 583 g/mol. The van der Waals surface area contributed by atoms with Crippen LogP contribution in [0.1, 0.15) is 22.3 Å². The maximum atomic E-state index is 14.8. The molecule has 214 valence electrons. The molecule has 3 saturated heterocycles. The number of aromatic nitrogens is 3. The molecule has 3 fully saturated rings. The van der Waals surface area contributed by atoms with Gasteiger partial charge in [-0.25, -0.2) is 8.78 Å². The van der Waals surface area contributed by atoms with Gasteiger partial charge in [0.25, 0.3) is 11.9 Å². The minimum absolute atomic E-state index is 0.0554. The average Bonchev–Trinajstić information content (AvgIpc) is 3.69. The monoisotopic (exact) mass is 582 g/mol. The van der Waals surface area contributed by atoms with Crippen molar-refractivity contribution >= 4 is 28.7 Å². The summed E-state index contributed by atoms with van der Waals surface area (Å²) in [5, 5.41) is 22.7. The lowest BCUT2D eigenvalue weighted by molar-refractivity contribution is 0.00706. The van der Waals surface area contributed by atoms with E-state index in [9.17, 15) is 23.8 Å². The van der Waals surface area contributed by atoms with Crippen molar-refractivity contribution in [1.82, 2.24) is 20.3 Å². The number of rotatable bonds is 8. The van der Waals surface area contributed by atoms with Crippen LogP contribution in [-0.2, 0) is 20.8 Å². The molecule has 3 aliphatic heterocycles. The zero-order valence-electron chi connectivity index (χ0n) is 20.9. The quantitative estimate of drug-likeness (QED) is 0.305. The molecule has 3 aliphatic rings. The number of fused-ring (bicyclic) bond motifs is 2. The highest BCUT2D eigenvalue weighted by molar-refractivity contribution is 6.32. The zero-order chi connectivity index (χ0) is 28.0. The van der Waals surface area contributed by atoms with Gasteiger partial charge in [0.05, 0.1) is 30.9 Å². The molecule has 3 aromatic rings. The second-order valence-electron chi connectivity index (χ2n) is 9.92. The van der Waals surface area contributed by atoms with Gasteiger partial charge in [0.2, 0.25) is 5.88 Å². The summed E-state index contributed by atoms with van der Waals surface area (Å²) in [6, 6.07) is 3.36. The molecule has 2 unspecified atom stereocenters. The molecule has 1 amide bonds. The molecular formula is C25H25ClF2N4O8. The van der Waals surface area contributed by atoms with E-state index in [2.05, 4.69) is 20.3 Å². The fourth-order valence-electron chi connectivity index (χ4n) is 4.82. The molecule has 0 aliphatic carbocycles. The summed E-state index contributed by atoms with van der Waals surface area (Å²) >= 11 is 6.27. The van der Waals surface area contributed by atoms with Gasteiger partial charge in [-0.1, -0.05) is 11.6 Å². The van der Waals surface area contributed by atoms with E-state index in [1.54, 1.807) is 0 Å². The number of aliphatic hydroxyl groups excluding tert-OH is 1. The third kappa shape index (κ3) is 5.30. The van der Waals surface area contributed by atoms with E-state index in [0.717, 1.165) is 12.1 Å². The Hall–Kier alpha value is -3.14. The largest absolute Gasteiger partial charge is 0.471 e. The molecule has 0 spiro atoms. The summed E-state index contributed by atoms with van der Waals surface area (Å²) in [6.45, 7) is 0.121. The molecule has 0 radical (unpaired) electrons. The number of aliphatic hydroxyl groups is 2. The number of hydrogen-bond acceptors (Lipinski definition) is 10. The summed E-state index contributed by atoms with van der Waals surface area (Å²) in [5.74, 6) is -2.87. The minimum Gasteiger partial charge on any atom is -0.471 e. The van der Waals surface area contributed by atoms with E-state index in [-0.39, 0.29) is 54.5 Å². The first-order chi connectivity index (χ1) is 19.2. The lowest BCUT2D eigenvalue weighted by Crippen LogP contribution is -2.43. The number of amides is 1. The third-order valence-corrected chi connectivity index (χ3v) is 7.31. The lowest BCUT2D eigenvalue weighted by atomic mass is 10.0. The lowest BCUT2D eigenvalue weighted by Gasteiger charge is -2.20. The molecule has 0 saturated carbocycles. The number of halogens is 3. The van der Waals surface area contributed by atoms with Crippen molar-refractivity contribution in [2.24, 2.45) is 0 Å². The Morgan fingerprint density at radius 3 is 2.73 bits per heavy atom. The predicted octanol–water partition coefficient (Wildman–Crippen LogP) is 1.26. The Kier molecular flexibility index (Phi) is 7.23. The number of pyridine rings is 1. The second kappa shape index (κ2) is 10.7. The molecule has 5 atom stereocenters. The van der Waals surface area contributed by atoms with Crippen molar-refractivity contribution in [3.8, 4) is 11.9 Å². The van der Waals surface area contributed by atoms with Gasteiger partial charge in [0, 0.05) is 25.1 Å². The molecule has 2 aromatic heterocycles. The maximum absolute atomic E-state index is 14.8. The van der Waals surface area contributed by atoms with Crippen LogP contribution in [0.15, 0.2) is 18.2 Å². The predicted molar refractivity (Wildman–Crippen MR) is 132 cm³/mol. The van der Waals surface area contributed by atoms with E-state index < -0.39 is 59.7 Å². The molecule has 40 heavy (non-hydrogen) atoms. The molecule has 4 N–H and O–H groups in total. The molecule has 6 rings (SSSR count). The standard InChI is InChI=1S/C25H25ClF2N4O8/c26-13-5-16-21(32-24(30-16)40-18-8-38-19-17(33)7-37-20(18)19)31-23(13)39-6-12-14(27)3-11(4-15(12)28)22(34)29-9-25(35)1-2-36-10-25/h3-5,17-20,33,35H,1-2,6-10H2,(H,29,34)(H,30,31,32)/t17-,18-,19?,20-,25?/m1/s1. The number of imidazole rings is 1. The zero-order valence-corrected chi connectivity index (χ0v) is 21.6. The number of nitrogens with one attached hydrogen (secondary N) is 2. The van der Waals surface area contributed by atoms with Crippen LogP contribution in [-0.4, -0.2) is 94.1 Å². The summed E-state index contributed by atoms with van der Waals surface area (Å²) in [6.07, 6.45) is -1.77. The normalized spacial score (nSPS) is 27.7. The van der Waals surface area contributed by atoms with Gasteiger partial charge in [-0.15, -0.1) is 0 Å². The van der Waals surface area contributed by atoms with Crippen molar-refractivity contribution in [1.29, 1.82) is 0 Å². The van der Waals surface area contributed by atoms with Crippen LogP contribution >= 0.6 is 11.6 Å². The van der Waals surface area contributed by atoms with Crippen molar-refractivity contribution in [3.05, 3.63) is 46.0 Å². The highest BCUT2D eigenvalue weighted by Gasteiger charge is 2.48. The van der Waals surface area contributed by atoms with Crippen LogP contribution in [0.2, 0.25) is 5.02 Å². The third-order valence-electron chi connectivity index (χ3n) is 7.03. The van der Waals surface area contributed by atoms with E-state index in [1.165, 1.54) is 6.07 Å². The Morgan fingerprint density at radius 1 is 1.20 bits per heavy atom. The summed E-state index contributed by atoms with van der Waals surface area (Å²) < 4.78 is 57.1. The van der Waals surface area contributed by atoms with E-state index in [4.69, 9.17) is 35.3 Å². The van der Waals surface area contributed by atoms with Gasteiger partial charge < -0.3 is 44.2 Å². The van der Waals surface area contributed by atoms with Crippen molar-refractivity contribution < 1.29 is 47.5 Å². The SMILES string of the molecule is O=C(NCC1(O)CCOC1)c1cc(F)c(COc2nc3nc(O[C@@H]4COC5[C@H](O)CO[C@@H]54)[nH]c3cc2Cl)c(F)c1. The number of H-pyrrole nitrogens is 1. The van der Waals surface area contributed by atoms with Crippen LogP contribution in [0.4, 0.5) is 8.78 Å². The Labute approximate surface area is 230 Å². The fourth-order valence-corrected chi connectivity index (χ4v) is 5.03. The van der Waals surface area contributed by atoms with Crippen LogP contribution in [0.25, 0.3) is 11.2 Å². The van der Waals surface area contributed by atoms with Crippen LogP contribution in [0, 0.1) is 11.6 Å². The second-order valence-corrected chi connectivity index (χ2v) is 10.3. The highest BCUT2D eigenvalue weighted by Crippen LogP contribution is 2.32. The van der Waals surface area contributed by atoms with Crippen LogP contribution < -0.4 is 14.8 Å².